The number of aromatic nitrogens is 2. The minimum atomic E-state index is 0.416. The average Bonchev–Trinajstić information content (AvgIpc) is 2.30. The van der Waals surface area contributed by atoms with Gasteiger partial charge in [0.25, 0.3) is 0 Å². The molecule has 82 valence electrons. The lowest BCUT2D eigenvalue weighted by atomic mass is 10.2. The highest BCUT2D eigenvalue weighted by atomic mass is 127. The van der Waals surface area contributed by atoms with E-state index in [2.05, 4.69) is 44.4 Å². The molecule has 1 aliphatic rings. The van der Waals surface area contributed by atoms with Crippen LogP contribution in [0, 0.1) is 3.57 Å². The third-order valence-corrected chi connectivity index (χ3v) is 3.12. The zero-order valence-corrected chi connectivity index (χ0v) is 10.8. The topological polar surface area (TPSA) is 38.2 Å². The Morgan fingerprint density at radius 1 is 1.53 bits per heavy atom. The van der Waals surface area contributed by atoms with Gasteiger partial charge in [0.1, 0.15) is 0 Å². The molecule has 0 saturated carbocycles. The van der Waals surface area contributed by atoms with Crippen LogP contribution in [0.1, 0.15) is 13.3 Å². The van der Waals surface area contributed by atoms with Gasteiger partial charge in [0, 0.05) is 22.5 Å². The minimum absolute atomic E-state index is 0.416. The second-order valence-electron chi connectivity index (χ2n) is 3.53. The second kappa shape index (κ2) is 5.07. The summed E-state index contributed by atoms with van der Waals surface area (Å²) in [5, 5.41) is 0. The van der Waals surface area contributed by atoms with E-state index < -0.39 is 0 Å². The van der Waals surface area contributed by atoms with Crippen molar-refractivity contribution in [2.75, 3.05) is 24.7 Å². The van der Waals surface area contributed by atoms with Crippen molar-refractivity contribution in [1.29, 1.82) is 0 Å². The fourth-order valence-corrected chi connectivity index (χ4v) is 1.99. The lowest BCUT2D eigenvalue weighted by Gasteiger charge is -2.34. The molecule has 1 aromatic rings. The highest BCUT2D eigenvalue weighted by Crippen LogP contribution is 2.17. The van der Waals surface area contributed by atoms with Gasteiger partial charge in [-0.15, -0.1) is 0 Å². The fraction of sp³-hybridized carbons (Fsp3) is 0.600. The molecule has 0 aliphatic carbocycles. The summed E-state index contributed by atoms with van der Waals surface area (Å²) in [6.07, 6.45) is 4.77. The minimum Gasteiger partial charge on any atom is -0.377 e. The van der Waals surface area contributed by atoms with E-state index in [4.69, 9.17) is 4.74 Å². The summed E-state index contributed by atoms with van der Waals surface area (Å²) in [7, 11) is 0. The normalized spacial score (nSPS) is 21.7. The van der Waals surface area contributed by atoms with Gasteiger partial charge in [-0.1, -0.05) is 6.92 Å². The van der Waals surface area contributed by atoms with E-state index in [9.17, 15) is 0 Å². The quantitative estimate of drug-likeness (QED) is 0.778. The number of morpholine rings is 1. The van der Waals surface area contributed by atoms with Crippen molar-refractivity contribution in [3.8, 4) is 0 Å². The van der Waals surface area contributed by atoms with Crippen LogP contribution in [-0.4, -0.2) is 35.8 Å². The van der Waals surface area contributed by atoms with Crippen LogP contribution >= 0.6 is 22.6 Å². The maximum atomic E-state index is 5.45. The summed E-state index contributed by atoms with van der Waals surface area (Å²) < 4.78 is 6.52. The molecule has 2 rings (SSSR count). The summed E-state index contributed by atoms with van der Waals surface area (Å²) in [4.78, 5) is 10.9. The molecule has 1 fully saturated rings. The smallest absolute Gasteiger partial charge is 0.225 e. The molecule has 0 bridgehead atoms. The summed E-state index contributed by atoms with van der Waals surface area (Å²) >= 11 is 2.21. The number of hydrogen-bond acceptors (Lipinski definition) is 4. The van der Waals surface area contributed by atoms with Crippen molar-refractivity contribution in [1.82, 2.24) is 9.97 Å². The SMILES string of the molecule is CCC1COCCN1c1ncc(I)cn1. The van der Waals surface area contributed by atoms with Crippen molar-refractivity contribution in [2.45, 2.75) is 19.4 Å². The van der Waals surface area contributed by atoms with Crippen LogP contribution in [0.4, 0.5) is 5.95 Å². The molecule has 0 amide bonds. The number of hydrogen-bond donors (Lipinski definition) is 0. The van der Waals surface area contributed by atoms with Crippen LogP contribution in [0.15, 0.2) is 12.4 Å². The molecule has 5 heteroatoms. The van der Waals surface area contributed by atoms with Crippen molar-refractivity contribution in [2.24, 2.45) is 0 Å². The first kappa shape index (κ1) is 11.1. The molecule has 4 nitrogen and oxygen atoms in total. The van der Waals surface area contributed by atoms with E-state index in [1.165, 1.54) is 0 Å². The van der Waals surface area contributed by atoms with Crippen LogP contribution in [0.3, 0.4) is 0 Å². The van der Waals surface area contributed by atoms with Gasteiger partial charge in [-0.25, -0.2) is 9.97 Å². The van der Waals surface area contributed by atoms with E-state index in [-0.39, 0.29) is 0 Å². The fourth-order valence-electron chi connectivity index (χ4n) is 1.71. The Morgan fingerprint density at radius 3 is 2.93 bits per heavy atom. The van der Waals surface area contributed by atoms with Crippen LogP contribution in [0.2, 0.25) is 0 Å². The van der Waals surface area contributed by atoms with Gasteiger partial charge in [-0.2, -0.15) is 0 Å². The molecule has 0 radical (unpaired) electrons. The molecule has 1 atom stereocenters. The molecule has 1 unspecified atom stereocenters. The summed E-state index contributed by atoms with van der Waals surface area (Å²) in [6, 6.07) is 0.416. The third kappa shape index (κ3) is 2.57. The third-order valence-electron chi connectivity index (χ3n) is 2.56. The molecule has 0 N–H and O–H groups in total. The van der Waals surface area contributed by atoms with E-state index in [0.29, 0.717) is 6.04 Å². The Hall–Kier alpha value is -0.430. The van der Waals surface area contributed by atoms with Gasteiger partial charge in [-0.05, 0) is 29.0 Å². The van der Waals surface area contributed by atoms with E-state index in [1.54, 1.807) is 0 Å². The van der Waals surface area contributed by atoms with Gasteiger partial charge in [-0.3, -0.25) is 0 Å². The predicted octanol–water partition coefficient (Wildman–Crippen LogP) is 1.70. The predicted molar refractivity (Wildman–Crippen MR) is 67.0 cm³/mol. The van der Waals surface area contributed by atoms with Crippen LogP contribution in [-0.2, 0) is 4.74 Å². The highest BCUT2D eigenvalue weighted by Gasteiger charge is 2.23. The summed E-state index contributed by atoms with van der Waals surface area (Å²) in [5.41, 5.74) is 0. The van der Waals surface area contributed by atoms with Gasteiger partial charge in [0.15, 0.2) is 0 Å². The number of nitrogens with zero attached hydrogens (tertiary/aromatic N) is 3. The van der Waals surface area contributed by atoms with Crippen molar-refractivity contribution in [3.63, 3.8) is 0 Å². The first-order chi connectivity index (χ1) is 7.31. The zero-order chi connectivity index (χ0) is 10.7. The Labute approximate surface area is 103 Å². The molecular formula is C10H14IN3O. The average molecular weight is 319 g/mol. The summed E-state index contributed by atoms with van der Waals surface area (Å²) in [6.45, 7) is 4.61. The van der Waals surface area contributed by atoms with E-state index >= 15 is 0 Å². The monoisotopic (exact) mass is 319 g/mol. The Balaban J connectivity index is 2.16. The number of halogens is 1. The lowest BCUT2D eigenvalue weighted by Crippen LogP contribution is -2.46. The maximum absolute atomic E-state index is 5.45. The van der Waals surface area contributed by atoms with Crippen molar-refractivity contribution < 1.29 is 4.74 Å². The first-order valence-electron chi connectivity index (χ1n) is 5.13. The van der Waals surface area contributed by atoms with Crippen LogP contribution in [0.5, 0.6) is 0 Å². The highest BCUT2D eigenvalue weighted by molar-refractivity contribution is 14.1. The van der Waals surface area contributed by atoms with E-state index in [1.807, 2.05) is 12.4 Å². The lowest BCUT2D eigenvalue weighted by molar-refractivity contribution is 0.0921. The van der Waals surface area contributed by atoms with E-state index in [0.717, 1.165) is 35.7 Å². The largest absolute Gasteiger partial charge is 0.377 e. The van der Waals surface area contributed by atoms with Gasteiger partial charge >= 0.3 is 0 Å². The Morgan fingerprint density at radius 2 is 2.27 bits per heavy atom. The molecule has 1 aliphatic heterocycles. The van der Waals surface area contributed by atoms with Gasteiger partial charge in [0.05, 0.1) is 19.3 Å². The molecule has 0 spiro atoms. The summed E-state index contributed by atoms with van der Waals surface area (Å²) in [5.74, 6) is 0.825. The van der Waals surface area contributed by atoms with Crippen molar-refractivity contribution in [3.05, 3.63) is 16.0 Å². The Bertz CT molecular complexity index is 317. The number of anilines is 1. The van der Waals surface area contributed by atoms with Crippen LogP contribution in [0.25, 0.3) is 0 Å². The maximum Gasteiger partial charge on any atom is 0.225 e. The Kier molecular flexibility index (Phi) is 3.74. The van der Waals surface area contributed by atoms with Crippen molar-refractivity contribution >= 4 is 28.5 Å². The standard InChI is InChI=1S/C10H14IN3O/c1-2-9-7-15-4-3-14(9)10-12-5-8(11)6-13-10/h5-6,9H,2-4,7H2,1H3. The molecule has 15 heavy (non-hydrogen) atoms. The molecular weight excluding hydrogens is 305 g/mol. The van der Waals surface area contributed by atoms with Crippen LogP contribution < -0.4 is 4.90 Å². The first-order valence-corrected chi connectivity index (χ1v) is 6.21. The van der Waals surface area contributed by atoms with Gasteiger partial charge in [0.2, 0.25) is 5.95 Å². The molecule has 2 heterocycles. The molecule has 1 saturated heterocycles. The second-order valence-corrected chi connectivity index (χ2v) is 4.78. The zero-order valence-electron chi connectivity index (χ0n) is 8.69. The number of rotatable bonds is 2. The number of ether oxygens (including phenoxy) is 1. The van der Waals surface area contributed by atoms with Gasteiger partial charge < -0.3 is 9.64 Å². The molecule has 0 aromatic carbocycles. The molecule has 1 aromatic heterocycles.